The first-order valence-corrected chi connectivity index (χ1v) is 3.46. The van der Waals surface area contributed by atoms with Crippen molar-refractivity contribution in [2.24, 2.45) is 11.8 Å². The van der Waals surface area contributed by atoms with Gasteiger partial charge in [0.05, 0.1) is 13.0 Å². The molecular weight excluding hydrogens is 128 g/mol. The number of ether oxygens (including phenoxy) is 1. The van der Waals surface area contributed by atoms with Gasteiger partial charge in [0.2, 0.25) is 0 Å². The number of carbonyl (C=O) groups excluding carboxylic acids is 1. The Hall–Kier alpha value is -0.790. The maximum Gasteiger partial charge on any atom is 0.313 e. The molecule has 1 fully saturated rings. The van der Waals surface area contributed by atoms with E-state index in [4.69, 9.17) is 0 Å². The fourth-order valence-electron chi connectivity index (χ4n) is 1.33. The minimum Gasteiger partial charge on any atom is -0.469 e. The standard InChI is InChI=1S/C8H12O2/c1-4-6-5(2)7(6)8(9)10-3/h4-5,7H,1-3H3/b6-4+/t5-,7-/m1/s1. The summed E-state index contributed by atoms with van der Waals surface area (Å²) in [5.74, 6) is 0.382. The van der Waals surface area contributed by atoms with Gasteiger partial charge in [0.1, 0.15) is 0 Å². The number of hydrogen-bond acceptors (Lipinski definition) is 2. The summed E-state index contributed by atoms with van der Waals surface area (Å²) in [6.45, 7) is 3.99. The second-order valence-electron chi connectivity index (χ2n) is 2.58. The van der Waals surface area contributed by atoms with Crippen LogP contribution in [0.15, 0.2) is 11.6 Å². The summed E-state index contributed by atoms with van der Waals surface area (Å²) in [4.78, 5) is 10.9. The van der Waals surface area contributed by atoms with Gasteiger partial charge in [-0.3, -0.25) is 4.79 Å². The molecule has 0 aliphatic heterocycles. The molecule has 0 N–H and O–H groups in total. The maximum absolute atomic E-state index is 10.9. The molecule has 0 unspecified atom stereocenters. The van der Waals surface area contributed by atoms with Crippen LogP contribution < -0.4 is 0 Å². The van der Waals surface area contributed by atoms with E-state index in [1.807, 2.05) is 19.9 Å². The van der Waals surface area contributed by atoms with Gasteiger partial charge in [-0.05, 0) is 12.8 Å². The van der Waals surface area contributed by atoms with Gasteiger partial charge in [-0.2, -0.15) is 0 Å². The lowest BCUT2D eigenvalue weighted by Crippen LogP contribution is -2.03. The van der Waals surface area contributed by atoms with Gasteiger partial charge in [-0.15, -0.1) is 0 Å². The predicted octanol–water partition coefficient (Wildman–Crippen LogP) is 1.37. The topological polar surface area (TPSA) is 26.3 Å². The number of rotatable bonds is 1. The number of hydrogen-bond donors (Lipinski definition) is 0. The minimum atomic E-state index is -0.0967. The highest BCUT2D eigenvalue weighted by molar-refractivity contribution is 5.81. The minimum absolute atomic E-state index is 0.0648. The van der Waals surface area contributed by atoms with Crippen molar-refractivity contribution in [3.8, 4) is 0 Å². The molecule has 2 atom stereocenters. The fourth-order valence-corrected chi connectivity index (χ4v) is 1.33. The van der Waals surface area contributed by atoms with Crippen molar-refractivity contribution in [1.29, 1.82) is 0 Å². The molecule has 1 aliphatic rings. The Kier molecular flexibility index (Phi) is 1.79. The normalized spacial score (nSPS) is 34.1. The lowest BCUT2D eigenvalue weighted by molar-refractivity contribution is -0.142. The van der Waals surface area contributed by atoms with Gasteiger partial charge in [-0.1, -0.05) is 18.6 Å². The van der Waals surface area contributed by atoms with E-state index in [-0.39, 0.29) is 11.9 Å². The average Bonchev–Trinajstić information content (AvgIpc) is 2.59. The molecule has 1 rings (SSSR count). The van der Waals surface area contributed by atoms with Crippen molar-refractivity contribution in [2.45, 2.75) is 13.8 Å². The van der Waals surface area contributed by atoms with Gasteiger partial charge in [-0.25, -0.2) is 0 Å². The van der Waals surface area contributed by atoms with Crippen molar-refractivity contribution < 1.29 is 9.53 Å². The fraction of sp³-hybridized carbons (Fsp3) is 0.625. The molecule has 2 nitrogen and oxygen atoms in total. The van der Waals surface area contributed by atoms with E-state index in [1.165, 1.54) is 12.7 Å². The third-order valence-corrected chi connectivity index (χ3v) is 2.06. The van der Waals surface area contributed by atoms with Gasteiger partial charge >= 0.3 is 5.97 Å². The molecule has 0 aromatic rings. The Morgan fingerprint density at radius 2 is 2.30 bits per heavy atom. The van der Waals surface area contributed by atoms with Gasteiger partial charge in [0.15, 0.2) is 0 Å². The van der Waals surface area contributed by atoms with E-state index in [9.17, 15) is 4.79 Å². The van der Waals surface area contributed by atoms with Gasteiger partial charge < -0.3 is 4.74 Å². The Labute approximate surface area is 60.9 Å². The van der Waals surface area contributed by atoms with Crippen molar-refractivity contribution in [1.82, 2.24) is 0 Å². The summed E-state index contributed by atoms with van der Waals surface area (Å²) in [5, 5.41) is 0. The zero-order chi connectivity index (χ0) is 7.72. The summed E-state index contributed by atoms with van der Waals surface area (Å²) >= 11 is 0. The molecule has 0 bridgehead atoms. The van der Waals surface area contributed by atoms with Gasteiger partial charge in [0.25, 0.3) is 0 Å². The van der Waals surface area contributed by atoms with Crippen LogP contribution in [0.25, 0.3) is 0 Å². The van der Waals surface area contributed by atoms with Crippen LogP contribution in [0, 0.1) is 11.8 Å². The van der Waals surface area contributed by atoms with Crippen LogP contribution in [0.5, 0.6) is 0 Å². The predicted molar refractivity (Wildman–Crippen MR) is 38.4 cm³/mol. The lowest BCUT2D eigenvalue weighted by atomic mass is 10.3. The smallest absolute Gasteiger partial charge is 0.313 e. The van der Waals surface area contributed by atoms with E-state index in [0.717, 1.165) is 0 Å². The van der Waals surface area contributed by atoms with Crippen LogP contribution in [0.1, 0.15) is 13.8 Å². The molecule has 2 heteroatoms. The second kappa shape index (κ2) is 2.45. The monoisotopic (exact) mass is 140 g/mol. The molecule has 0 radical (unpaired) electrons. The number of allylic oxidation sites excluding steroid dienone is 1. The van der Waals surface area contributed by atoms with E-state index < -0.39 is 0 Å². The van der Waals surface area contributed by atoms with Crippen LogP contribution >= 0.6 is 0 Å². The van der Waals surface area contributed by atoms with Gasteiger partial charge in [0, 0.05) is 0 Å². The molecule has 0 aromatic carbocycles. The molecule has 0 saturated heterocycles. The maximum atomic E-state index is 10.9. The molecule has 0 aromatic heterocycles. The number of carbonyl (C=O) groups is 1. The Morgan fingerprint density at radius 3 is 2.60 bits per heavy atom. The molecule has 1 aliphatic carbocycles. The van der Waals surface area contributed by atoms with Crippen molar-refractivity contribution in [3.63, 3.8) is 0 Å². The Bertz CT molecular complexity index is 182. The molecule has 56 valence electrons. The van der Waals surface area contributed by atoms with Crippen LogP contribution in [0.2, 0.25) is 0 Å². The Balaban J connectivity index is 2.57. The lowest BCUT2D eigenvalue weighted by Gasteiger charge is -1.91. The zero-order valence-corrected chi connectivity index (χ0v) is 6.55. The largest absolute Gasteiger partial charge is 0.469 e. The third-order valence-electron chi connectivity index (χ3n) is 2.06. The van der Waals surface area contributed by atoms with Crippen molar-refractivity contribution >= 4 is 5.97 Å². The molecule has 0 spiro atoms. The van der Waals surface area contributed by atoms with E-state index in [2.05, 4.69) is 4.74 Å². The van der Waals surface area contributed by atoms with Crippen LogP contribution in [0.4, 0.5) is 0 Å². The second-order valence-corrected chi connectivity index (χ2v) is 2.58. The average molecular weight is 140 g/mol. The van der Waals surface area contributed by atoms with E-state index >= 15 is 0 Å². The van der Waals surface area contributed by atoms with Crippen molar-refractivity contribution in [2.75, 3.05) is 7.11 Å². The van der Waals surface area contributed by atoms with Crippen LogP contribution in [-0.2, 0) is 9.53 Å². The highest BCUT2D eigenvalue weighted by atomic mass is 16.5. The van der Waals surface area contributed by atoms with Crippen LogP contribution in [-0.4, -0.2) is 13.1 Å². The number of esters is 1. The summed E-state index contributed by atoms with van der Waals surface area (Å²) in [7, 11) is 1.43. The molecule has 0 heterocycles. The van der Waals surface area contributed by atoms with E-state index in [0.29, 0.717) is 5.92 Å². The highest BCUT2D eigenvalue weighted by Crippen LogP contribution is 2.45. The summed E-state index contributed by atoms with van der Waals surface area (Å²) in [5.41, 5.74) is 1.21. The SMILES string of the molecule is C/C=C1\[C@@H](C)[C@H]1C(=O)OC. The number of methoxy groups -OCH3 is 1. The molecular formula is C8H12O2. The van der Waals surface area contributed by atoms with Crippen LogP contribution in [0.3, 0.4) is 0 Å². The molecule has 10 heavy (non-hydrogen) atoms. The first-order valence-electron chi connectivity index (χ1n) is 3.46. The van der Waals surface area contributed by atoms with Crippen molar-refractivity contribution in [3.05, 3.63) is 11.6 Å². The first kappa shape index (κ1) is 7.32. The summed E-state index contributed by atoms with van der Waals surface area (Å²) in [6, 6.07) is 0. The third kappa shape index (κ3) is 0.939. The molecule has 1 saturated carbocycles. The summed E-state index contributed by atoms with van der Waals surface area (Å²) in [6.07, 6.45) is 1.99. The summed E-state index contributed by atoms with van der Waals surface area (Å²) < 4.78 is 4.60. The molecule has 0 amide bonds. The van der Waals surface area contributed by atoms with E-state index in [1.54, 1.807) is 0 Å². The quantitative estimate of drug-likeness (QED) is 0.406. The Morgan fingerprint density at radius 1 is 1.70 bits per heavy atom. The highest BCUT2D eigenvalue weighted by Gasteiger charge is 2.45. The first-order chi connectivity index (χ1) is 4.72. The zero-order valence-electron chi connectivity index (χ0n) is 6.55.